The van der Waals surface area contributed by atoms with Crippen molar-refractivity contribution in [1.29, 1.82) is 0 Å². The monoisotopic (exact) mass is 311 g/mol. The van der Waals surface area contributed by atoms with E-state index in [2.05, 4.69) is 0 Å². The molecule has 0 aliphatic rings. The fourth-order valence-corrected chi connectivity index (χ4v) is 2.88. The number of hydrogen-bond donors (Lipinski definition) is 2. The molecule has 0 saturated heterocycles. The number of nitrogens with one attached hydrogen (secondary N) is 1. The topological polar surface area (TPSA) is 66.4 Å². The summed E-state index contributed by atoms with van der Waals surface area (Å²) >= 11 is 0. The van der Waals surface area contributed by atoms with Gasteiger partial charge in [0.2, 0.25) is 10.0 Å². The molecular formula is C12H16F3NO3S. The lowest BCUT2D eigenvalue weighted by Crippen LogP contribution is -2.33. The van der Waals surface area contributed by atoms with Crippen LogP contribution in [0.25, 0.3) is 0 Å². The van der Waals surface area contributed by atoms with E-state index in [1.54, 1.807) is 0 Å². The van der Waals surface area contributed by atoms with E-state index in [1.807, 2.05) is 18.6 Å². The first-order chi connectivity index (χ1) is 9.13. The van der Waals surface area contributed by atoms with Crippen molar-refractivity contribution in [1.82, 2.24) is 4.72 Å². The van der Waals surface area contributed by atoms with Crippen molar-refractivity contribution >= 4 is 10.0 Å². The highest BCUT2D eigenvalue weighted by atomic mass is 32.2. The Bertz CT molecular complexity index is 552. The van der Waals surface area contributed by atoms with Crippen LogP contribution >= 0.6 is 0 Å². The second kappa shape index (κ2) is 6.55. The highest BCUT2D eigenvalue weighted by molar-refractivity contribution is 7.89. The maximum atomic E-state index is 13.4. The summed E-state index contributed by atoms with van der Waals surface area (Å²) in [6.07, 6.45) is -0.645. The van der Waals surface area contributed by atoms with Gasteiger partial charge in [-0.05, 0) is 12.3 Å². The normalized spacial score (nSPS) is 13.8. The first-order valence-corrected chi connectivity index (χ1v) is 7.44. The third-order valence-corrected chi connectivity index (χ3v) is 3.96. The van der Waals surface area contributed by atoms with Gasteiger partial charge in [0.1, 0.15) is 17.5 Å². The van der Waals surface area contributed by atoms with Crippen molar-refractivity contribution in [3.63, 3.8) is 0 Å². The van der Waals surface area contributed by atoms with Crippen LogP contribution in [-0.2, 0) is 10.0 Å². The van der Waals surface area contributed by atoms with E-state index in [0.717, 1.165) is 0 Å². The molecule has 0 heterocycles. The first kappa shape index (κ1) is 16.9. The molecule has 0 aliphatic carbocycles. The van der Waals surface area contributed by atoms with E-state index >= 15 is 0 Å². The smallest absolute Gasteiger partial charge is 0.246 e. The minimum atomic E-state index is -4.50. The van der Waals surface area contributed by atoms with Gasteiger partial charge in [0, 0.05) is 18.7 Å². The predicted molar refractivity (Wildman–Crippen MR) is 67.0 cm³/mol. The van der Waals surface area contributed by atoms with Crippen molar-refractivity contribution in [2.45, 2.75) is 31.3 Å². The summed E-state index contributed by atoms with van der Waals surface area (Å²) in [6.45, 7) is 3.28. The maximum absolute atomic E-state index is 13.4. The van der Waals surface area contributed by atoms with Gasteiger partial charge in [-0.1, -0.05) is 13.8 Å². The van der Waals surface area contributed by atoms with Crippen molar-refractivity contribution < 1.29 is 26.7 Å². The van der Waals surface area contributed by atoms with E-state index in [-0.39, 0.29) is 24.6 Å². The van der Waals surface area contributed by atoms with Gasteiger partial charge >= 0.3 is 0 Å². The van der Waals surface area contributed by atoms with E-state index in [0.29, 0.717) is 6.42 Å². The minimum Gasteiger partial charge on any atom is -0.392 e. The van der Waals surface area contributed by atoms with Crippen LogP contribution in [0.2, 0.25) is 0 Å². The molecule has 0 saturated carbocycles. The Kier molecular flexibility index (Phi) is 5.55. The van der Waals surface area contributed by atoms with Gasteiger partial charge in [-0.15, -0.1) is 0 Å². The molecule has 1 atom stereocenters. The highest BCUT2D eigenvalue weighted by Crippen LogP contribution is 2.20. The standard InChI is InChI=1S/C12H16F3NO3S/c1-7(2)3-9(17)6-16-20(18,19)12-10(14)4-8(13)5-11(12)15/h4-5,7,9,16-17H,3,6H2,1-2H3. The van der Waals surface area contributed by atoms with Gasteiger partial charge in [-0.3, -0.25) is 0 Å². The molecular weight excluding hydrogens is 295 g/mol. The number of halogens is 3. The molecule has 8 heteroatoms. The Morgan fingerprint density at radius 1 is 1.20 bits per heavy atom. The van der Waals surface area contributed by atoms with Crippen LogP contribution in [0.15, 0.2) is 17.0 Å². The summed E-state index contributed by atoms with van der Waals surface area (Å²) in [5.74, 6) is -4.12. The molecule has 4 nitrogen and oxygen atoms in total. The van der Waals surface area contributed by atoms with E-state index < -0.39 is 38.5 Å². The summed E-state index contributed by atoms with van der Waals surface area (Å²) in [7, 11) is -4.50. The van der Waals surface area contributed by atoms with Crippen molar-refractivity contribution in [3.05, 3.63) is 29.6 Å². The average molecular weight is 311 g/mol. The molecule has 0 bridgehead atoms. The fraction of sp³-hybridized carbons (Fsp3) is 0.500. The SMILES string of the molecule is CC(C)CC(O)CNS(=O)(=O)c1c(F)cc(F)cc1F. The molecule has 0 aromatic heterocycles. The number of rotatable bonds is 6. The molecule has 114 valence electrons. The molecule has 1 aromatic carbocycles. The van der Waals surface area contributed by atoms with Gasteiger partial charge in [-0.25, -0.2) is 26.3 Å². The first-order valence-electron chi connectivity index (χ1n) is 5.95. The highest BCUT2D eigenvalue weighted by Gasteiger charge is 2.25. The number of sulfonamides is 1. The fourth-order valence-electron chi connectivity index (χ4n) is 1.69. The Balaban J connectivity index is 2.90. The summed E-state index contributed by atoms with van der Waals surface area (Å²) in [4.78, 5) is -1.25. The molecule has 0 radical (unpaired) electrons. The van der Waals surface area contributed by atoms with Crippen molar-refractivity contribution in [2.75, 3.05) is 6.54 Å². The van der Waals surface area contributed by atoms with E-state index in [4.69, 9.17) is 0 Å². The zero-order chi connectivity index (χ0) is 15.5. The third kappa shape index (κ3) is 4.46. The van der Waals surface area contributed by atoms with Gasteiger partial charge < -0.3 is 5.11 Å². The van der Waals surface area contributed by atoms with Crippen LogP contribution in [0.4, 0.5) is 13.2 Å². The zero-order valence-electron chi connectivity index (χ0n) is 11.0. The lowest BCUT2D eigenvalue weighted by atomic mass is 10.1. The van der Waals surface area contributed by atoms with Gasteiger partial charge in [0.15, 0.2) is 4.90 Å². The molecule has 1 unspecified atom stereocenters. The molecule has 0 spiro atoms. The predicted octanol–water partition coefficient (Wildman–Crippen LogP) is 1.79. The van der Waals surface area contributed by atoms with Crippen LogP contribution in [-0.4, -0.2) is 26.2 Å². The van der Waals surface area contributed by atoms with E-state index in [1.165, 1.54) is 0 Å². The van der Waals surface area contributed by atoms with Crippen LogP contribution in [0, 0.1) is 23.4 Å². The van der Waals surface area contributed by atoms with Gasteiger partial charge in [-0.2, -0.15) is 0 Å². The lowest BCUT2D eigenvalue weighted by Gasteiger charge is -2.14. The molecule has 1 rings (SSSR count). The summed E-state index contributed by atoms with van der Waals surface area (Å²) in [5, 5.41) is 9.54. The van der Waals surface area contributed by atoms with Crippen molar-refractivity contribution in [2.24, 2.45) is 5.92 Å². The number of benzene rings is 1. The number of aliphatic hydroxyl groups excluding tert-OH is 1. The molecule has 0 aliphatic heterocycles. The summed E-state index contributed by atoms with van der Waals surface area (Å²) in [6, 6.07) is 0.560. The third-order valence-electron chi connectivity index (χ3n) is 2.48. The van der Waals surface area contributed by atoms with Crippen LogP contribution in [0.5, 0.6) is 0 Å². The maximum Gasteiger partial charge on any atom is 0.246 e. The Morgan fingerprint density at radius 2 is 1.70 bits per heavy atom. The molecule has 20 heavy (non-hydrogen) atoms. The molecule has 0 amide bonds. The van der Waals surface area contributed by atoms with E-state index in [9.17, 15) is 26.7 Å². The second-order valence-corrected chi connectivity index (χ2v) is 6.54. The number of aliphatic hydroxyl groups is 1. The Morgan fingerprint density at radius 3 is 2.15 bits per heavy atom. The Labute approximate surface area is 115 Å². The lowest BCUT2D eigenvalue weighted by molar-refractivity contribution is 0.152. The summed E-state index contributed by atoms with van der Waals surface area (Å²) < 4.78 is 64.9. The second-order valence-electron chi connectivity index (χ2n) is 4.83. The minimum absolute atomic E-state index is 0.133. The molecule has 1 aromatic rings. The Hall–Kier alpha value is -1.12. The average Bonchev–Trinajstić information content (AvgIpc) is 2.23. The summed E-state index contributed by atoms with van der Waals surface area (Å²) in [5.41, 5.74) is 0. The zero-order valence-corrected chi connectivity index (χ0v) is 11.8. The molecule has 2 N–H and O–H groups in total. The van der Waals surface area contributed by atoms with Gasteiger partial charge in [0.25, 0.3) is 0 Å². The van der Waals surface area contributed by atoms with Gasteiger partial charge in [0.05, 0.1) is 6.10 Å². The number of hydrogen-bond acceptors (Lipinski definition) is 3. The van der Waals surface area contributed by atoms with Crippen LogP contribution in [0.3, 0.4) is 0 Å². The largest absolute Gasteiger partial charge is 0.392 e. The van der Waals surface area contributed by atoms with Crippen LogP contribution < -0.4 is 4.72 Å². The van der Waals surface area contributed by atoms with Crippen LogP contribution in [0.1, 0.15) is 20.3 Å². The molecule has 0 fully saturated rings. The quantitative estimate of drug-likeness (QED) is 0.842. The van der Waals surface area contributed by atoms with Crippen molar-refractivity contribution in [3.8, 4) is 0 Å².